The van der Waals surface area contributed by atoms with E-state index in [1.165, 1.54) is 25.3 Å². The zero-order chi connectivity index (χ0) is 15.6. The molecule has 0 amide bonds. The highest BCUT2D eigenvalue weighted by Gasteiger charge is 2.16. The summed E-state index contributed by atoms with van der Waals surface area (Å²) in [6.45, 7) is 0. The van der Waals surface area contributed by atoms with Gasteiger partial charge in [0.25, 0.3) is 10.0 Å². The van der Waals surface area contributed by atoms with Gasteiger partial charge in [0.05, 0.1) is 27.2 Å². The predicted molar refractivity (Wildman–Crippen MR) is 90.7 cm³/mol. The highest BCUT2D eigenvalue weighted by Crippen LogP contribution is 2.30. The van der Waals surface area contributed by atoms with Crippen molar-refractivity contribution in [3.63, 3.8) is 0 Å². The van der Waals surface area contributed by atoms with Gasteiger partial charge in [0.15, 0.2) is 0 Å². The summed E-state index contributed by atoms with van der Waals surface area (Å²) in [5.74, 6) is 0.556. The Labute approximate surface area is 144 Å². The average Bonchev–Trinajstić information content (AvgIpc) is 2.42. The Hall–Kier alpha value is -0.760. The monoisotopic (exact) mass is 453 g/mol. The lowest BCUT2D eigenvalue weighted by molar-refractivity contribution is 0.411. The third-order valence-corrected chi connectivity index (χ3v) is 5.84. The largest absolute Gasteiger partial charge is 0.496 e. The van der Waals surface area contributed by atoms with Crippen molar-refractivity contribution < 1.29 is 13.2 Å². The summed E-state index contributed by atoms with van der Waals surface area (Å²) in [5, 5.41) is 0.422. The van der Waals surface area contributed by atoms with Crippen LogP contribution in [-0.2, 0) is 10.0 Å². The minimum absolute atomic E-state index is 0.120. The van der Waals surface area contributed by atoms with Crippen LogP contribution in [0, 0.1) is 0 Å². The van der Waals surface area contributed by atoms with E-state index in [1.54, 1.807) is 18.2 Å². The van der Waals surface area contributed by atoms with Crippen LogP contribution in [0.15, 0.2) is 50.2 Å². The van der Waals surface area contributed by atoms with Crippen molar-refractivity contribution in [1.29, 1.82) is 0 Å². The molecule has 2 aromatic carbocycles. The average molecular weight is 456 g/mol. The van der Waals surface area contributed by atoms with E-state index >= 15 is 0 Å². The molecule has 0 saturated heterocycles. The van der Waals surface area contributed by atoms with E-state index in [9.17, 15) is 8.42 Å². The number of nitrogens with one attached hydrogen (secondary N) is 1. The fourth-order valence-corrected chi connectivity index (χ4v) is 3.78. The summed E-state index contributed by atoms with van der Waals surface area (Å²) < 4.78 is 33.4. The molecule has 0 atom stereocenters. The number of halogens is 3. The third-order valence-electron chi connectivity index (χ3n) is 2.61. The van der Waals surface area contributed by atoms with Crippen molar-refractivity contribution in [2.45, 2.75) is 4.90 Å². The quantitative estimate of drug-likeness (QED) is 0.729. The summed E-state index contributed by atoms with van der Waals surface area (Å²) in [6.07, 6.45) is 0. The van der Waals surface area contributed by atoms with Gasteiger partial charge in [-0.2, -0.15) is 0 Å². The topological polar surface area (TPSA) is 55.4 Å². The van der Waals surface area contributed by atoms with Crippen LogP contribution in [0.3, 0.4) is 0 Å². The molecule has 0 aliphatic carbocycles. The van der Waals surface area contributed by atoms with Crippen molar-refractivity contribution in [2.24, 2.45) is 0 Å². The van der Waals surface area contributed by atoms with Gasteiger partial charge in [-0.1, -0.05) is 11.6 Å². The van der Waals surface area contributed by atoms with Crippen LogP contribution in [0.5, 0.6) is 5.75 Å². The van der Waals surface area contributed by atoms with Crippen LogP contribution in [-0.4, -0.2) is 15.5 Å². The Balaban J connectivity index is 2.33. The molecule has 0 radical (unpaired) electrons. The highest BCUT2D eigenvalue weighted by molar-refractivity contribution is 9.10. The van der Waals surface area contributed by atoms with Gasteiger partial charge >= 0.3 is 0 Å². The standard InChI is InChI=1S/C13H10Br2ClNO3S/c1-20-13-5-3-9(7-11(13)15)21(18,19)17-8-2-4-10(14)12(16)6-8/h2-7,17H,1H3. The van der Waals surface area contributed by atoms with Crippen molar-refractivity contribution >= 4 is 59.2 Å². The maximum atomic E-state index is 12.3. The van der Waals surface area contributed by atoms with Crippen LogP contribution in [0.25, 0.3) is 0 Å². The number of benzene rings is 2. The van der Waals surface area contributed by atoms with Gasteiger partial charge in [0, 0.05) is 4.47 Å². The summed E-state index contributed by atoms with van der Waals surface area (Å²) in [6, 6.07) is 9.33. The molecular formula is C13H10Br2ClNO3S. The molecule has 0 spiro atoms. The fourth-order valence-electron chi connectivity index (χ4n) is 1.59. The van der Waals surface area contributed by atoms with Crippen LogP contribution in [0.1, 0.15) is 0 Å². The second-order valence-corrected chi connectivity index (χ2v) is 7.83. The van der Waals surface area contributed by atoms with Crippen molar-refractivity contribution in [3.05, 3.63) is 50.4 Å². The Bertz CT molecular complexity index is 781. The van der Waals surface area contributed by atoms with Gasteiger partial charge in [-0.25, -0.2) is 8.42 Å². The number of methoxy groups -OCH3 is 1. The molecule has 1 N–H and O–H groups in total. The first-order chi connectivity index (χ1) is 9.83. The van der Waals surface area contributed by atoms with E-state index in [0.717, 1.165) is 0 Å². The third kappa shape index (κ3) is 3.91. The number of sulfonamides is 1. The van der Waals surface area contributed by atoms with Crippen molar-refractivity contribution in [2.75, 3.05) is 11.8 Å². The summed E-state index contributed by atoms with van der Waals surface area (Å²) in [4.78, 5) is 0.120. The van der Waals surface area contributed by atoms with Gasteiger partial charge in [-0.05, 0) is 68.3 Å². The first kappa shape index (κ1) is 16.6. The number of hydrogen-bond donors (Lipinski definition) is 1. The van der Waals surface area contributed by atoms with Crippen LogP contribution < -0.4 is 9.46 Å². The van der Waals surface area contributed by atoms with Crippen LogP contribution in [0.2, 0.25) is 5.02 Å². The van der Waals surface area contributed by atoms with Gasteiger partial charge in [-0.15, -0.1) is 0 Å². The Morgan fingerprint density at radius 3 is 2.38 bits per heavy atom. The second-order valence-electron chi connectivity index (χ2n) is 4.03. The Morgan fingerprint density at radius 2 is 1.81 bits per heavy atom. The van der Waals surface area contributed by atoms with E-state index in [0.29, 0.717) is 25.4 Å². The normalized spacial score (nSPS) is 11.2. The molecule has 21 heavy (non-hydrogen) atoms. The first-order valence-electron chi connectivity index (χ1n) is 5.65. The summed E-state index contributed by atoms with van der Waals surface area (Å²) in [7, 11) is -2.19. The highest BCUT2D eigenvalue weighted by atomic mass is 79.9. The molecule has 0 bridgehead atoms. The lowest BCUT2D eigenvalue weighted by Crippen LogP contribution is -2.13. The van der Waals surface area contributed by atoms with Crippen molar-refractivity contribution in [1.82, 2.24) is 0 Å². The minimum atomic E-state index is -3.70. The molecule has 0 saturated carbocycles. The maximum Gasteiger partial charge on any atom is 0.261 e. The smallest absolute Gasteiger partial charge is 0.261 e. The Morgan fingerprint density at radius 1 is 1.10 bits per heavy atom. The number of rotatable bonds is 4. The fraction of sp³-hybridized carbons (Fsp3) is 0.0769. The molecule has 0 aliphatic heterocycles. The lowest BCUT2D eigenvalue weighted by Gasteiger charge is -2.10. The first-order valence-corrected chi connectivity index (χ1v) is 9.09. The molecular weight excluding hydrogens is 445 g/mol. The predicted octanol–water partition coefficient (Wildman–Crippen LogP) is 4.67. The second kappa shape index (κ2) is 6.56. The van der Waals surface area contributed by atoms with Crippen LogP contribution in [0.4, 0.5) is 5.69 Å². The molecule has 2 aromatic rings. The molecule has 2 rings (SSSR count). The van der Waals surface area contributed by atoms with Gasteiger partial charge in [0.2, 0.25) is 0 Å². The van der Waals surface area contributed by atoms with Gasteiger partial charge in [-0.3, -0.25) is 4.72 Å². The van der Waals surface area contributed by atoms with E-state index in [4.69, 9.17) is 16.3 Å². The van der Waals surface area contributed by atoms with E-state index in [1.807, 2.05) is 0 Å². The number of ether oxygens (including phenoxy) is 1. The van der Waals surface area contributed by atoms with E-state index in [-0.39, 0.29) is 4.90 Å². The SMILES string of the molecule is COc1ccc(S(=O)(=O)Nc2ccc(Br)c(Cl)c2)cc1Br. The van der Waals surface area contributed by atoms with Crippen LogP contribution >= 0.6 is 43.5 Å². The zero-order valence-corrected chi connectivity index (χ0v) is 15.5. The molecule has 0 fully saturated rings. The van der Waals surface area contributed by atoms with Gasteiger partial charge < -0.3 is 4.74 Å². The minimum Gasteiger partial charge on any atom is -0.496 e. The molecule has 112 valence electrons. The number of hydrogen-bond acceptors (Lipinski definition) is 3. The maximum absolute atomic E-state index is 12.3. The molecule has 0 heterocycles. The van der Waals surface area contributed by atoms with E-state index in [2.05, 4.69) is 36.6 Å². The number of anilines is 1. The molecule has 4 nitrogen and oxygen atoms in total. The molecule has 0 unspecified atom stereocenters. The summed E-state index contributed by atoms with van der Waals surface area (Å²) >= 11 is 12.5. The summed E-state index contributed by atoms with van der Waals surface area (Å²) in [5.41, 5.74) is 0.384. The lowest BCUT2D eigenvalue weighted by atomic mass is 10.3. The van der Waals surface area contributed by atoms with Gasteiger partial charge in [0.1, 0.15) is 5.75 Å². The molecule has 0 aromatic heterocycles. The molecule has 0 aliphatic rings. The Kier molecular flexibility index (Phi) is 5.19. The molecule has 8 heteroatoms. The van der Waals surface area contributed by atoms with E-state index < -0.39 is 10.0 Å². The zero-order valence-electron chi connectivity index (χ0n) is 10.7. The van der Waals surface area contributed by atoms with Crippen molar-refractivity contribution in [3.8, 4) is 5.75 Å².